The Morgan fingerprint density at radius 2 is 2.04 bits per heavy atom. The molecule has 4 rings (SSSR count). The van der Waals surface area contributed by atoms with E-state index in [-0.39, 0.29) is 17.4 Å². The van der Waals surface area contributed by atoms with Gasteiger partial charge in [0.25, 0.3) is 5.91 Å². The van der Waals surface area contributed by atoms with Crippen LogP contribution in [-0.4, -0.2) is 22.8 Å². The fourth-order valence-corrected chi connectivity index (χ4v) is 3.97. The van der Waals surface area contributed by atoms with Crippen molar-refractivity contribution in [2.24, 2.45) is 5.41 Å². The molecule has 6 heteroatoms. The number of benzene rings is 1. The predicted octanol–water partition coefficient (Wildman–Crippen LogP) is 4.23. The Morgan fingerprint density at radius 3 is 2.68 bits per heavy atom. The van der Waals surface area contributed by atoms with Crippen molar-refractivity contribution in [1.82, 2.24) is 15.1 Å². The van der Waals surface area contributed by atoms with Crippen LogP contribution in [0.5, 0.6) is 5.75 Å². The molecule has 0 unspecified atom stereocenters. The van der Waals surface area contributed by atoms with Gasteiger partial charge in [-0.2, -0.15) is 5.10 Å². The van der Waals surface area contributed by atoms with E-state index in [1.54, 1.807) is 26.4 Å². The van der Waals surface area contributed by atoms with Gasteiger partial charge >= 0.3 is 0 Å². The van der Waals surface area contributed by atoms with Gasteiger partial charge < -0.3 is 14.5 Å². The first-order valence-corrected chi connectivity index (χ1v) is 9.44. The number of methoxy groups -OCH3 is 1. The quantitative estimate of drug-likeness (QED) is 0.737. The molecule has 146 valence electrons. The summed E-state index contributed by atoms with van der Waals surface area (Å²) < 4.78 is 12.5. The molecule has 0 fully saturated rings. The van der Waals surface area contributed by atoms with E-state index in [1.165, 1.54) is 0 Å². The lowest BCUT2D eigenvalue weighted by Gasteiger charge is -2.36. The van der Waals surface area contributed by atoms with Crippen LogP contribution < -0.4 is 10.1 Å². The summed E-state index contributed by atoms with van der Waals surface area (Å²) >= 11 is 0. The molecule has 1 N–H and O–H groups in total. The standard InChI is InChI=1S/C22H25N3O3/c1-14-17(9-10-28-14)21(26)24-19-11-22(2,3)12-20-18(19)13-23-25(20)15-5-7-16(27-4)8-6-15/h5-10,13,19H,11-12H2,1-4H3,(H,24,26)/t19-/m0/s1. The van der Waals surface area contributed by atoms with Gasteiger partial charge in [-0.3, -0.25) is 4.79 Å². The number of carbonyl (C=O) groups is 1. The number of aromatic nitrogens is 2. The Balaban J connectivity index is 1.67. The molecule has 0 saturated heterocycles. The first-order chi connectivity index (χ1) is 13.4. The topological polar surface area (TPSA) is 69.3 Å². The molecule has 0 aliphatic heterocycles. The summed E-state index contributed by atoms with van der Waals surface area (Å²) in [7, 11) is 1.66. The molecule has 28 heavy (non-hydrogen) atoms. The molecule has 2 heterocycles. The molecule has 0 saturated carbocycles. The molecule has 2 aromatic heterocycles. The highest BCUT2D eigenvalue weighted by Crippen LogP contribution is 2.41. The Labute approximate surface area is 164 Å². The maximum atomic E-state index is 12.8. The summed E-state index contributed by atoms with van der Waals surface area (Å²) in [4.78, 5) is 12.8. The fraction of sp³-hybridized carbons (Fsp3) is 0.364. The molecular formula is C22H25N3O3. The molecule has 1 aliphatic carbocycles. The molecular weight excluding hydrogens is 354 g/mol. The fourth-order valence-electron chi connectivity index (χ4n) is 3.97. The van der Waals surface area contributed by atoms with Gasteiger partial charge in [-0.1, -0.05) is 13.8 Å². The molecule has 1 aromatic carbocycles. The van der Waals surface area contributed by atoms with Crippen LogP contribution in [-0.2, 0) is 6.42 Å². The van der Waals surface area contributed by atoms with Crippen LogP contribution in [0.4, 0.5) is 0 Å². The van der Waals surface area contributed by atoms with Gasteiger partial charge in [-0.05, 0) is 55.5 Å². The third kappa shape index (κ3) is 3.30. The molecule has 6 nitrogen and oxygen atoms in total. The summed E-state index contributed by atoms with van der Waals surface area (Å²) in [6.45, 7) is 6.25. The lowest BCUT2D eigenvalue weighted by molar-refractivity contribution is 0.0917. The first kappa shape index (κ1) is 18.3. The highest BCUT2D eigenvalue weighted by molar-refractivity contribution is 5.95. The third-order valence-electron chi connectivity index (χ3n) is 5.41. The minimum absolute atomic E-state index is 0.0423. The number of rotatable bonds is 4. The van der Waals surface area contributed by atoms with Crippen molar-refractivity contribution >= 4 is 5.91 Å². The Hall–Kier alpha value is -3.02. The van der Waals surface area contributed by atoms with E-state index in [4.69, 9.17) is 9.15 Å². The van der Waals surface area contributed by atoms with Crippen molar-refractivity contribution < 1.29 is 13.9 Å². The Morgan fingerprint density at radius 1 is 1.29 bits per heavy atom. The second kappa shape index (κ2) is 6.86. The zero-order valence-corrected chi connectivity index (χ0v) is 16.7. The third-order valence-corrected chi connectivity index (χ3v) is 5.41. The number of nitrogens with zero attached hydrogens (tertiary/aromatic N) is 2. The van der Waals surface area contributed by atoms with Crippen LogP contribution in [0.25, 0.3) is 5.69 Å². The largest absolute Gasteiger partial charge is 0.497 e. The summed E-state index contributed by atoms with van der Waals surface area (Å²) in [5.74, 6) is 1.32. The SMILES string of the molecule is COc1ccc(-n2ncc3c2CC(C)(C)C[C@@H]3NC(=O)c2ccoc2C)cc1. The van der Waals surface area contributed by atoms with Gasteiger partial charge in [0.1, 0.15) is 11.5 Å². The van der Waals surface area contributed by atoms with Gasteiger partial charge in [0.05, 0.1) is 42.6 Å². The van der Waals surface area contributed by atoms with Crippen LogP contribution in [0.3, 0.4) is 0 Å². The summed E-state index contributed by atoms with van der Waals surface area (Å²) in [6.07, 6.45) is 5.17. The van der Waals surface area contributed by atoms with Gasteiger partial charge in [-0.15, -0.1) is 0 Å². The van der Waals surface area contributed by atoms with Crippen molar-refractivity contribution in [2.45, 2.75) is 39.7 Å². The average molecular weight is 379 g/mol. The van der Waals surface area contributed by atoms with Gasteiger partial charge in [0.15, 0.2) is 0 Å². The lowest BCUT2D eigenvalue weighted by Crippen LogP contribution is -2.36. The maximum absolute atomic E-state index is 12.8. The van der Waals surface area contributed by atoms with Crippen LogP contribution in [0.15, 0.2) is 47.2 Å². The van der Waals surface area contributed by atoms with Crippen LogP contribution in [0.2, 0.25) is 0 Å². The van der Waals surface area contributed by atoms with Crippen LogP contribution in [0, 0.1) is 12.3 Å². The monoisotopic (exact) mass is 379 g/mol. The van der Waals surface area contributed by atoms with E-state index < -0.39 is 0 Å². The minimum atomic E-state index is -0.114. The maximum Gasteiger partial charge on any atom is 0.255 e. The summed E-state index contributed by atoms with van der Waals surface area (Å²) in [5, 5.41) is 7.82. The minimum Gasteiger partial charge on any atom is -0.497 e. The molecule has 0 radical (unpaired) electrons. The number of amides is 1. The summed E-state index contributed by atoms with van der Waals surface area (Å²) in [6, 6.07) is 9.47. The average Bonchev–Trinajstić information content (AvgIpc) is 3.27. The molecule has 1 atom stereocenters. The van der Waals surface area contributed by atoms with Crippen LogP contribution >= 0.6 is 0 Å². The van der Waals surface area contributed by atoms with Crippen molar-refractivity contribution in [3.63, 3.8) is 0 Å². The zero-order chi connectivity index (χ0) is 19.9. The molecule has 1 aliphatic rings. The highest BCUT2D eigenvalue weighted by atomic mass is 16.5. The number of nitrogens with one attached hydrogen (secondary N) is 1. The van der Waals surface area contributed by atoms with E-state index >= 15 is 0 Å². The number of aryl methyl sites for hydroxylation is 1. The second-order valence-electron chi connectivity index (χ2n) is 8.12. The smallest absolute Gasteiger partial charge is 0.255 e. The van der Waals surface area contributed by atoms with Crippen molar-refractivity contribution in [2.75, 3.05) is 7.11 Å². The summed E-state index contributed by atoms with van der Waals surface area (Å²) in [5.41, 5.74) is 3.81. The van der Waals surface area contributed by atoms with Crippen molar-refractivity contribution in [3.8, 4) is 11.4 Å². The number of hydrogen-bond acceptors (Lipinski definition) is 4. The molecule has 1 amide bonds. The zero-order valence-electron chi connectivity index (χ0n) is 16.7. The number of fused-ring (bicyclic) bond motifs is 1. The van der Waals surface area contributed by atoms with Crippen molar-refractivity contribution in [1.29, 1.82) is 0 Å². The Kier molecular flexibility index (Phi) is 4.49. The number of hydrogen-bond donors (Lipinski definition) is 1. The van der Waals surface area contributed by atoms with E-state index in [0.29, 0.717) is 11.3 Å². The molecule has 3 aromatic rings. The molecule has 0 bridgehead atoms. The van der Waals surface area contributed by atoms with E-state index in [1.807, 2.05) is 35.1 Å². The lowest BCUT2D eigenvalue weighted by atomic mass is 9.74. The van der Waals surface area contributed by atoms with Crippen LogP contribution in [0.1, 0.15) is 53.7 Å². The van der Waals surface area contributed by atoms with E-state index in [2.05, 4.69) is 24.3 Å². The molecule has 0 spiro atoms. The van der Waals surface area contributed by atoms with E-state index in [9.17, 15) is 4.79 Å². The predicted molar refractivity (Wildman–Crippen MR) is 106 cm³/mol. The number of furan rings is 1. The van der Waals surface area contributed by atoms with Gasteiger partial charge in [-0.25, -0.2) is 4.68 Å². The van der Waals surface area contributed by atoms with E-state index in [0.717, 1.165) is 35.5 Å². The Bertz CT molecular complexity index is 998. The number of carbonyl (C=O) groups excluding carboxylic acids is 1. The normalized spacial score (nSPS) is 17.8. The van der Waals surface area contributed by atoms with Gasteiger partial charge in [0, 0.05) is 5.56 Å². The highest BCUT2D eigenvalue weighted by Gasteiger charge is 2.36. The van der Waals surface area contributed by atoms with Gasteiger partial charge in [0.2, 0.25) is 0 Å². The first-order valence-electron chi connectivity index (χ1n) is 9.44. The number of ether oxygens (including phenoxy) is 1. The second-order valence-corrected chi connectivity index (χ2v) is 8.12. The van der Waals surface area contributed by atoms with Crippen molar-refractivity contribution in [3.05, 3.63) is 65.4 Å².